The molecule has 1 aromatic rings. The lowest BCUT2D eigenvalue weighted by molar-refractivity contribution is 0.611. The van der Waals surface area contributed by atoms with Crippen LogP contribution in [0.2, 0.25) is 0 Å². The van der Waals surface area contributed by atoms with Crippen molar-refractivity contribution >= 4 is 17.7 Å². The molecule has 0 saturated carbocycles. The molecule has 1 aliphatic rings. The normalized spacial score (nSPS) is 21.9. The van der Waals surface area contributed by atoms with Crippen LogP contribution >= 0.6 is 11.8 Å². The Morgan fingerprint density at radius 3 is 2.86 bits per heavy atom. The second-order valence-corrected chi connectivity index (χ2v) is 4.43. The van der Waals surface area contributed by atoms with E-state index in [1.54, 1.807) is 0 Å². The van der Waals surface area contributed by atoms with Crippen molar-refractivity contribution in [1.29, 1.82) is 0 Å². The molecular formula is C9H12FN3S. The molecule has 14 heavy (non-hydrogen) atoms. The van der Waals surface area contributed by atoms with Crippen molar-refractivity contribution in [2.24, 2.45) is 0 Å². The quantitative estimate of drug-likeness (QED) is 0.814. The largest absolute Gasteiger partial charge is 0.351 e. The predicted octanol–water partition coefficient (Wildman–Crippen LogP) is 1.92. The number of thioether (sulfide) groups is 1. The summed E-state index contributed by atoms with van der Waals surface area (Å²) < 4.78 is 12.5. The zero-order valence-electron chi connectivity index (χ0n) is 7.74. The molecule has 0 spiro atoms. The van der Waals surface area contributed by atoms with Crippen LogP contribution in [0.4, 0.5) is 10.3 Å². The van der Waals surface area contributed by atoms with Crippen LogP contribution in [0.25, 0.3) is 0 Å². The highest BCUT2D eigenvalue weighted by Crippen LogP contribution is 2.19. The van der Waals surface area contributed by atoms with Gasteiger partial charge in [-0.2, -0.15) is 11.8 Å². The van der Waals surface area contributed by atoms with E-state index in [4.69, 9.17) is 0 Å². The molecule has 0 radical (unpaired) electrons. The number of hydrogen-bond acceptors (Lipinski definition) is 4. The third kappa shape index (κ3) is 2.57. The van der Waals surface area contributed by atoms with Crippen molar-refractivity contribution in [1.82, 2.24) is 9.97 Å². The van der Waals surface area contributed by atoms with Crippen LogP contribution in [0.15, 0.2) is 12.4 Å². The number of nitrogens with one attached hydrogen (secondary N) is 1. The maximum absolute atomic E-state index is 12.5. The van der Waals surface area contributed by atoms with Crippen LogP contribution in [0, 0.1) is 5.82 Å². The van der Waals surface area contributed by atoms with Gasteiger partial charge >= 0.3 is 0 Å². The molecule has 1 saturated heterocycles. The van der Waals surface area contributed by atoms with Gasteiger partial charge in [0.2, 0.25) is 5.95 Å². The van der Waals surface area contributed by atoms with Gasteiger partial charge in [-0.3, -0.25) is 0 Å². The zero-order valence-corrected chi connectivity index (χ0v) is 8.56. The SMILES string of the molecule is Fc1cnc(N[C@@H]2CCCSC2)nc1. The minimum absolute atomic E-state index is 0.395. The molecule has 0 aliphatic carbocycles. The first-order valence-corrected chi connectivity index (χ1v) is 5.82. The Bertz CT molecular complexity index is 285. The first-order chi connectivity index (χ1) is 6.84. The summed E-state index contributed by atoms with van der Waals surface area (Å²) in [5.74, 6) is 2.45. The van der Waals surface area contributed by atoms with Gasteiger partial charge in [-0.15, -0.1) is 0 Å². The molecule has 1 atom stereocenters. The van der Waals surface area contributed by atoms with E-state index in [1.807, 2.05) is 11.8 Å². The second kappa shape index (κ2) is 4.59. The maximum Gasteiger partial charge on any atom is 0.223 e. The third-order valence-corrected chi connectivity index (χ3v) is 3.33. The lowest BCUT2D eigenvalue weighted by Gasteiger charge is -2.22. The second-order valence-electron chi connectivity index (χ2n) is 3.28. The summed E-state index contributed by atoms with van der Waals surface area (Å²) in [5, 5.41) is 3.20. The van der Waals surface area contributed by atoms with Gasteiger partial charge in [-0.25, -0.2) is 14.4 Å². The van der Waals surface area contributed by atoms with E-state index in [0.29, 0.717) is 12.0 Å². The molecule has 0 bridgehead atoms. The fourth-order valence-electron chi connectivity index (χ4n) is 1.42. The fourth-order valence-corrected chi connectivity index (χ4v) is 2.50. The van der Waals surface area contributed by atoms with E-state index in [-0.39, 0.29) is 0 Å². The highest BCUT2D eigenvalue weighted by Gasteiger charge is 2.13. The predicted molar refractivity (Wildman–Crippen MR) is 56.0 cm³/mol. The van der Waals surface area contributed by atoms with Crippen LogP contribution in [0.5, 0.6) is 0 Å². The molecule has 1 aliphatic heterocycles. The lowest BCUT2D eigenvalue weighted by atomic mass is 10.2. The maximum atomic E-state index is 12.5. The van der Waals surface area contributed by atoms with E-state index < -0.39 is 5.82 Å². The number of hydrogen-bond donors (Lipinski definition) is 1. The molecule has 1 N–H and O–H groups in total. The number of halogens is 1. The molecule has 0 unspecified atom stereocenters. The van der Waals surface area contributed by atoms with Crippen LogP contribution in [-0.4, -0.2) is 27.5 Å². The Labute approximate surface area is 86.5 Å². The van der Waals surface area contributed by atoms with E-state index in [2.05, 4.69) is 15.3 Å². The summed E-state index contributed by atoms with van der Waals surface area (Å²) in [7, 11) is 0. The molecule has 1 fully saturated rings. The van der Waals surface area contributed by atoms with Crippen LogP contribution < -0.4 is 5.32 Å². The van der Waals surface area contributed by atoms with Crippen molar-refractivity contribution in [3.8, 4) is 0 Å². The molecule has 2 heterocycles. The summed E-state index contributed by atoms with van der Waals surface area (Å²) in [6.07, 6.45) is 4.74. The Morgan fingerprint density at radius 2 is 2.21 bits per heavy atom. The molecule has 0 aromatic carbocycles. The van der Waals surface area contributed by atoms with Gasteiger partial charge in [0.15, 0.2) is 5.82 Å². The first kappa shape index (κ1) is 9.71. The number of nitrogens with zero attached hydrogens (tertiary/aromatic N) is 2. The highest BCUT2D eigenvalue weighted by atomic mass is 32.2. The van der Waals surface area contributed by atoms with E-state index in [9.17, 15) is 4.39 Å². The van der Waals surface area contributed by atoms with E-state index >= 15 is 0 Å². The average Bonchev–Trinajstić information content (AvgIpc) is 2.23. The first-order valence-electron chi connectivity index (χ1n) is 4.66. The van der Waals surface area contributed by atoms with Crippen molar-refractivity contribution in [2.45, 2.75) is 18.9 Å². The summed E-state index contributed by atoms with van der Waals surface area (Å²) in [6, 6.07) is 0.430. The van der Waals surface area contributed by atoms with Gasteiger partial charge in [-0.05, 0) is 18.6 Å². The van der Waals surface area contributed by atoms with Gasteiger partial charge in [0.1, 0.15) is 0 Å². The van der Waals surface area contributed by atoms with Crippen molar-refractivity contribution < 1.29 is 4.39 Å². The number of rotatable bonds is 2. The Morgan fingerprint density at radius 1 is 1.43 bits per heavy atom. The summed E-state index contributed by atoms with van der Waals surface area (Å²) in [6.45, 7) is 0. The third-order valence-electron chi connectivity index (χ3n) is 2.11. The topological polar surface area (TPSA) is 37.8 Å². The molecular weight excluding hydrogens is 201 g/mol. The van der Waals surface area contributed by atoms with Crippen molar-refractivity contribution in [3.05, 3.63) is 18.2 Å². The molecule has 3 nitrogen and oxygen atoms in total. The lowest BCUT2D eigenvalue weighted by Crippen LogP contribution is -2.26. The molecule has 1 aromatic heterocycles. The van der Waals surface area contributed by atoms with Gasteiger partial charge in [0.25, 0.3) is 0 Å². The van der Waals surface area contributed by atoms with Crippen LogP contribution in [-0.2, 0) is 0 Å². The van der Waals surface area contributed by atoms with E-state index in [1.165, 1.54) is 24.6 Å². The monoisotopic (exact) mass is 213 g/mol. The van der Waals surface area contributed by atoms with E-state index in [0.717, 1.165) is 12.2 Å². The minimum Gasteiger partial charge on any atom is -0.351 e. The van der Waals surface area contributed by atoms with Gasteiger partial charge in [0.05, 0.1) is 12.4 Å². The summed E-state index contributed by atoms with van der Waals surface area (Å²) >= 11 is 1.93. The standard InChI is InChI=1S/C9H12FN3S/c10-7-4-11-9(12-5-7)13-8-2-1-3-14-6-8/h4-5,8H,1-3,6H2,(H,11,12,13)/t8-/m1/s1. The molecule has 0 amide bonds. The average molecular weight is 213 g/mol. The van der Waals surface area contributed by atoms with Crippen LogP contribution in [0.3, 0.4) is 0 Å². The van der Waals surface area contributed by atoms with Gasteiger partial charge < -0.3 is 5.32 Å². The Hall–Kier alpha value is -0.840. The smallest absolute Gasteiger partial charge is 0.223 e. The number of anilines is 1. The number of aromatic nitrogens is 2. The van der Waals surface area contributed by atoms with Crippen molar-refractivity contribution in [3.63, 3.8) is 0 Å². The fraction of sp³-hybridized carbons (Fsp3) is 0.556. The molecule has 76 valence electrons. The van der Waals surface area contributed by atoms with Gasteiger partial charge in [-0.1, -0.05) is 0 Å². The highest BCUT2D eigenvalue weighted by molar-refractivity contribution is 7.99. The molecule has 2 rings (SSSR count). The molecule has 5 heteroatoms. The summed E-state index contributed by atoms with van der Waals surface area (Å²) in [5.41, 5.74) is 0. The van der Waals surface area contributed by atoms with Gasteiger partial charge in [0, 0.05) is 11.8 Å². The van der Waals surface area contributed by atoms with Crippen molar-refractivity contribution in [2.75, 3.05) is 16.8 Å². The minimum atomic E-state index is -0.395. The summed E-state index contributed by atoms with van der Waals surface area (Å²) in [4.78, 5) is 7.73. The zero-order chi connectivity index (χ0) is 9.80. The Kier molecular flexibility index (Phi) is 3.18. The Balaban J connectivity index is 1.92. The van der Waals surface area contributed by atoms with Crippen LogP contribution in [0.1, 0.15) is 12.8 Å².